The molecule has 1 amide bonds. The molecule has 0 saturated carbocycles. The molecule has 3 nitrogen and oxygen atoms in total. The van der Waals surface area contributed by atoms with Crippen LogP contribution in [0.5, 0.6) is 5.75 Å². The summed E-state index contributed by atoms with van der Waals surface area (Å²) in [6, 6.07) is 14.7. The number of rotatable bonds is 5. The lowest BCUT2D eigenvalue weighted by atomic mass is 10.2. The fourth-order valence-corrected chi connectivity index (χ4v) is 1.88. The molecule has 0 spiro atoms. The molecular weight excluding hydrogens is 274 g/mol. The smallest absolute Gasteiger partial charge is 0.252 e. The number of nitrogens with two attached hydrogens (primary N) is 1. The van der Waals surface area contributed by atoms with Gasteiger partial charge in [-0.05, 0) is 29.8 Å². The van der Waals surface area contributed by atoms with Crippen LogP contribution in [0.25, 0.3) is 6.08 Å². The van der Waals surface area contributed by atoms with Gasteiger partial charge in [-0.1, -0.05) is 48.0 Å². The number of ether oxygens (including phenoxy) is 1. The van der Waals surface area contributed by atoms with Crippen molar-refractivity contribution < 1.29 is 9.53 Å². The molecule has 2 rings (SSSR count). The van der Waals surface area contributed by atoms with E-state index < -0.39 is 5.91 Å². The van der Waals surface area contributed by atoms with Crippen molar-refractivity contribution in [2.24, 2.45) is 5.73 Å². The maximum absolute atomic E-state index is 11.3. The number of hydrogen-bond acceptors (Lipinski definition) is 2. The van der Waals surface area contributed by atoms with Gasteiger partial charge in [0, 0.05) is 5.02 Å². The van der Waals surface area contributed by atoms with Crippen LogP contribution in [0, 0.1) is 0 Å². The molecule has 0 aromatic heterocycles. The van der Waals surface area contributed by atoms with E-state index in [-0.39, 0.29) is 5.56 Å². The van der Waals surface area contributed by atoms with Gasteiger partial charge >= 0.3 is 0 Å². The number of halogens is 1. The molecular formula is C16H14ClNO2. The third-order valence-corrected chi connectivity index (χ3v) is 2.89. The second kappa shape index (κ2) is 6.78. The Kier molecular flexibility index (Phi) is 4.80. The molecule has 2 aromatic carbocycles. The summed E-state index contributed by atoms with van der Waals surface area (Å²) in [5.41, 5.74) is 6.65. The first-order chi connectivity index (χ1) is 9.66. The topological polar surface area (TPSA) is 52.3 Å². The second-order valence-electron chi connectivity index (χ2n) is 4.13. The number of carbonyl (C=O) groups excluding carboxylic acids is 1. The lowest BCUT2D eigenvalue weighted by molar-refractivity contribution is 0.0997. The average molecular weight is 288 g/mol. The van der Waals surface area contributed by atoms with Crippen LogP contribution in [-0.4, -0.2) is 12.5 Å². The molecule has 20 heavy (non-hydrogen) atoms. The Morgan fingerprint density at radius 1 is 1.20 bits per heavy atom. The van der Waals surface area contributed by atoms with Gasteiger partial charge in [-0.3, -0.25) is 4.79 Å². The zero-order chi connectivity index (χ0) is 14.4. The van der Waals surface area contributed by atoms with Gasteiger partial charge in [-0.15, -0.1) is 0 Å². The lowest BCUT2D eigenvalue weighted by Gasteiger charge is -2.07. The van der Waals surface area contributed by atoms with Crippen molar-refractivity contribution in [2.45, 2.75) is 0 Å². The molecule has 2 N–H and O–H groups in total. The van der Waals surface area contributed by atoms with E-state index in [1.807, 2.05) is 42.5 Å². The molecule has 0 radical (unpaired) electrons. The van der Waals surface area contributed by atoms with E-state index in [9.17, 15) is 4.79 Å². The molecule has 0 heterocycles. The summed E-state index contributed by atoms with van der Waals surface area (Å²) in [6.45, 7) is 0.344. The van der Waals surface area contributed by atoms with Gasteiger partial charge in [0.1, 0.15) is 12.4 Å². The molecule has 0 aliphatic carbocycles. The molecule has 2 aromatic rings. The van der Waals surface area contributed by atoms with Crippen LogP contribution in [0.3, 0.4) is 0 Å². The minimum absolute atomic E-state index is 0.283. The first-order valence-corrected chi connectivity index (χ1v) is 6.48. The van der Waals surface area contributed by atoms with Crippen molar-refractivity contribution in [1.82, 2.24) is 0 Å². The summed E-state index contributed by atoms with van der Waals surface area (Å²) in [4.78, 5) is 11.3. The van der Waals surface area contributed by atoms with Crippen molar-refractivity contribution in [3.8, 4) is 5.75 Å². The first-order valence-electron chi connectivity index (χ1n) is 6.10. The summed E-state index contributed by atoms with van der Waals surface area (Å²) in [5, 5.41) is 0.450. The van der Waals surface area contributed by atoms with Gasteiger partial charge in [0.05, 0.1) is 5.56 Å². The maximum Gasteiger partial charge on any atom is 0.252 e. The van der Waals surface area contributed by atoms with Crippen molar-refractivity contribution in [3.63, 3.8) is 0 Å². The maximum atomic E-state index is 11.3. The van der Waals surface area contributed by atoms with Gasteiger partial charge in [-0.2, -0.15) is 0 Å². The lowest BCUT2D eigenvalue weighted by Crippen LogP contribution is -2.13. The van der Waals surface area contributed by atoms with E-state index in [1.54, 1.807) is 12.1 Å². The predicted molar refractivity (Wildman–Crippen MR) is 80.9 cm³/mol. The second-order valence-corrected chi connectivity index (χ2v) is 4.57. The molecule has 0 fully saturated rings. The third-order valence-electron chi connectivity index (χ3n) is 2.65. The Morgan fingerprint density at radius 2 is 1.95 bits per heavy atom. The summed E-state index contributed by atoms with van der Waals surface area (Å²) in [6.07, 6.45) is 3.81. The highest BCUT2D eigenvalue weighted by atomic mass is 35.5. The zero-order valence-corrected chi connectivity index (χ0v) is 11.5. The summed E-state index contributed by atoms with van der Waals surface area (Å²) in [7, 11) is 0. The number of carbonyl (C=O) groups is 1. The van der Waals surface area contributed by atoms with E-state index in [1.165, 1.54) is 6.07 Å². The average Bonchev–Trinajstić information content (AvgIpc) is 2.45. The first kappa shape index (κ1) is 14.2. The Labute approximate surface area is 122 Å². The highest BCUT2D eigenvalue weighted by molar-refractivity contribution is 6.31. The molecule has 0 aliphatic heterocycles. The monoisotopic (exact) mass is 287 g/mol. The Morgan fingerprint density at radius 3 is 2.65 bits per heavy atom. The van der Waals surface area contributed by atoms with Crippen LogP contribution >= 0.6 is 11.6 Å². The standard InChI is InChI=1S/C16H14ClNO2/c17-13-8-9-15(14(11-13)16(18)19)20-10-4-7-12-5-2-1-3-6-12/h1-9,11H,10H2,(H2,18,19). The highest BCUT2D eigenvalue weighted by Crippen LogP contribution is 2.22. The number of amides is 1. The van der Waals surface area contributed by atoms with Crippen LogP contribution < -0.4 is 10.5 Å². The van der Waals surface area contributed by atoms with Gasteiger partial charge in [-0.25, -0.2) is 0 Å². The summed E-state index contributed by atoms with van der Waals surface area (Å²) in [5.74, 6) is -0.130. The highest BCUT2D eigenvalue weighted by Gasteiger charge is 2.09. The molecule has 0 atom stereocenters. The van der Waals surface area contributed by atoms with Gasteiger partial charge in [0.2, 0.25) is 0 Å². The molecule has 4 heteroatoms. The Hall–Kier alpha value is -2.26. The Balaban J connectivity index is 2.01. The SMILES string of the molecule is NC(=O)c1cc(Cl)ccc1OCC=Cc1ccccc1. The summed E-state index contributed by atoms with van der Waals surface area (Å²) < 4.78 is 5.53. The minimum Gasteiger partial charge on any atom is -0.489 e. The van der Waals surface area contributed by atoms with E-state index in [2.05, 4.69) is 0 Å². The molecule has 0 unspecified atom stereocenters. The van der Waals surface area contributed by atoms with Gasteiger partial charge in [0.15, 0.2) is 0 Å². The molecule has 102 valence electrons. The van der Waals surface area contributed by atoms with E-state index in [0.29, 0.717) is 17.4 Å². The van der Waals surface area contributed by atoms with Crippen molar-refractivity contribution in [1.29, 1.82) is 0 Å². The fourth-order valence-electron chi connectivity index (χ4n) is 1.71. The van der Waals surface area contributed by atoms with E-state index in [0.717, 1.165) is 5.56 Å². The normalized spacial score (nSPS) is 10.7. The van der Waals surface area contributed by atoms with E-state index >= 15 is 0 Å². The Bertz CT molecular complexity index is 624. The fraction of sp³-hybridized carbons (Fsp3) is 0.0625. The quantitative estimate of drug-likeness (QED) is 0.914. The van der Waals surface area contributed by atoms with E-state index in [4.69, 9.17) is 22.1 Å². The summed E-state index contributed by atoms with van der Waals surface area (Å²) >= 11 is 5.82. The zero-order valence-electron chi connectivity index (χ0n) is 10.8. The number of hydrogen-bond donors (Lipinski definition) is 1. The van der Waals surface area contributed by atoms with Gasteiger partial charge < -0.3 is 10.5 Å². The predicted octanol–water partition coefficient (Wildman–Crippen LogP) is 3.53. The minimum atomic E-state index is -0.561. The number of primary amides is 1. The number of benzene rings is 2. The van der Waals surface area contributed by atoms with Crippen LogP contribution in [0.1, 0.15) is 15.9 Å². The van der Waals surface area contributed by atoms with Crippen LogP contribution in [0.15, 0.2) is 54.6 Å². The third kappa shape index (κ3) is 3.87. The van der Waals surface area contributed by atoms with Crippen LogP contribution in [0.4, 0.5) is 0 Å². The molecule has 0 aliphatic rings. The van der Waals surface area contributed by atoms with Crippen LogP contribution in [-0.2, 0) is 0 Å². The van der Waals surface area contributed by atoms with Crippen molar-refractivity contribution in [3.05, 3.63) is 70.8 Å². The van der Waals surface area contributed by atoms with Crippen molar-refractivity contribution in [2.75, 3.05) is 6.61 Å². The van der Waals surface area contributed by atoms with Crippen molar-refractivity contribution >= 4 is 23.6 Å². The molecule has 0 saturated heterocycles. The van der Waals surface area contributed by atoms with Crippen LogP contribution in [0.2, 0.25) is 5.02 Å². The largest absolute Gasteiger partial charge is 0.489 e. The van der Waals surface area contributed by atoms with Gasteiger partial charge in [0.25, 0.3) is 5.91 Å². The molecule has 0 bridgehead atoms.